The molecule has 0 amide bonds. The third-order valence-corrected chi connectivity index (χ3v) is 6.05. The predicted molar refractivity (Wildman–Crippen MR) is 149 cm³/mol. The zero-order valence-electron chi connectivity index (χ0n) is 22.0. The Bertz CT molecular complexity index is 1400. The molecule has 0 fully saturated rings. The summed E-state index contributed by atoms with van der Waals surface area (Å²) < 4.78 is 11.1. The minimum atomic E-state index is -0.596. The minimum Gasteiger partial charge on any atom is -0.497 e. The van der Waals surface area contributed by atoms with Crippen LogP contribution >= 0.6 is 0 Å². The molecule has 2 N–H and O–H groups in total. The van der Waals surface area contributed by atoms with Crippen molar-refractivity contribution in [1.82, 2.24) is 5.32 Å². The summed E-state index contributed by atoms with van der Waals surface area (Å²) in [5.41, 5.74) is 2.53. The van der Waals surface area contributed by atoms with Gasteiger partial charge in [0.2, 0.25) is 0 Å². The van der Waals surface area contributed by atoms with E-state index < -0.39 is 16.5 Å². The lowest BCUT2D eigenvalue weighted by Gasteiger charge is -2.26. The fraction of sp³-hybridized carbons (Fsp3) is 0.290. The monoisotopic (exact) mass is 498 g/mol. The van der Waals surface area contributed by atoms with Gasteiger partial charge in [-0.2, -0.15) is 0 Å². The minimum absolute atomic E-state index is 0.0872. The van der Waals surface area contributed by atoms with Crippen LogP contribution in [0.1, 0.15) is 50.4 Å². The molecule has 0 saturated heterocycles. The Morgan fingerprint density at radius 2 is 1.54 bits per heavy atom. The Morgan fingerprint density at radius 1 is 0.838 bits per heavy atom. The van der Waals surface area contributed by atoms with Crippen molar-refractivity contribution in [3.05, 3.63) is 116 Å². The van der Waals surface area contributed by atoms with E-state index in [0.717, 1.165) is 23.3 Å². The van der Waals surface area contributed by atoms with E-state index >= 15 is 0 Å². The number of hydrogen-bond acceptors (Lipinski definition) is 6. The van der Waals surface area contributed by atoms with Gasteiger partial charge in [0.25, 0.3) is 10.9 Å². The van der Waals surface area contributed by atoms with Crippen LogP contribution in [0.5, 0.6) is 11.5 Å². The molecule has 4 aromatic carbocycles. The smallest absolute Gasteiger partial charge is 0.272 e. The third kappa shape index (κ3) is 6.46. The summed E-state index contributed by atoms with van der Waals surface area (Å²) in [6.07, 6.45) is 0.877. The first-order valence-electron chi connectivity index (χ1n) is 12.5. The molecule has 4 aromatic rings. The zero-order valence-corrected chi connectivity index (χ0v) is 22.0. The molecule has 2 unspecified atom stereocenters. The van der Waals surface area contributed by atoms with Crippen LogP contribution in [0.15, 0.2) is 88.5 Å². The molecule has 0 aliphatic heterocycles. The fourth-order valence-corrected chi connectivity index (χ4v) is 4.32. The molecule has 0 saturated carbocycles. The highest BCUT2D eigenvalue weighted by atomic mass is 16.5. The molecule has 0 aliphatic carbocycles. The van der Waals surface area contributed by atoms with Gasteiger partial charge in [-0.3, -0.25) is 9.59 Å². The average Bonchev–Trinajstić information content (AvgIpc) is 2.89. The topological polar surface area (TPSA) is 76.7 Å². The van der Waals surface area contributed by atoms with E-state index in [1.807, 2.05) is 57.2 Å². The van der Waals surface area contributed by atoms with Gasteiger partial charge in [-0.1, -0.05) is 54.6 Å². The lowest BCUT2D eigenvalue weighted by atomic mass is 9.96. The maximum Gasteiger partial charge on any atom is 0.272 e. The van der Waals surface area contributed by atoms with Crippen LogP contribution in [0.4, 0.5) is 11.4 Å². The number of nitrogens with one attached hydrogen (secondary N) is 2. The largest absolute Gasteiger partial charge is 0.497 e. The molecule has 0 bridgehead atoms. The molecular weight excluding hydrogens is 464 g/mol. The Labute approximate surface area is 218 Å². The summed E-state index contributed by atoms with van der Waals surface area (Å²) in [4.78, 5) is 24.4. The van der Waals surface area contributed by atoms with E-state index in [1.165, 1.54) is 5.56 Å². The lowest BCUT2D eigenvalue weighted by molar-refractivity contribution is 0.128. The molecule has 0 spiro atoms. The Hall–Kier alpha value is -3.90. The first kappa shape index (κ1) is 26.2. The second-order valence-corrected chi connectivity index (χ2v) is 10.3. The van der Waals surface area contributed by atoms with Crippen molar-refractivity contribution in [2.75, 3.05) is 12.4 Å². The van der Waals surface area contributed by atoms with E-state index in [2.05, 4.69) is 60.0 Å². The molecule has 192 valence electrons. The standard InChI is InChI=1S/C31H34N2O4/c1-20(18-21-10-7-6-8-11-21)32-26(22-14-16-25(36-5)17-15-22)23-12-9-13-24(19-23)33-27-28(34)29(35)30(27)37-31(2,3)4/h6-17,19-20,26,32-33H,18H2,1-5H3. The molecule has 37 heavy (non-hydrogen) atoms. The molecule has 0 aliphatic rings. The maximum atomic E-state index is 12.3. The SMILES string of the molecule is COc1ccc(C(NC(C)Cc2ccccc2)c2cccc(Nc3c(OC(C)(C)C)c(=O)c3=O)c2)cc1. The van der Waals surface area contributed by atoms with Gasteiger partial charge in [-0.15, -0.1) is 0 Å². The first-order valence-corrected chi connectivity index (χ1v) is 12.5. The highest BCUT2D eigenvalue weighted by Gasteiger charge is 2.27. The highest BCUT2D eigenvalue weighted by molar-refractivity contribution is 5.70. The van der Waals surface area contributed by atoms with Crippen molar-refractivity contribution in [1.29, 1.82) is 0 Å². The second kappa shape index (κ2) is 11.0. The molecule has 4 rings (SSSR count). The molecule has 0 heterocycles. The van der Waals surface area contributed by atoms with Crippen LogP contribution in [0.2, 0.25) is 0 Å². The number of methoxy groups -OCH3 is 1. The van der Waals surface area contributed by atoms with Crippen LogP contribution in [0.25, 0.3) is 0 Å². The average molecular weight is 499 g/mol. The highest BCUT2D eigenvalue weighted by Crippen LogP contribution is 2.30. The molecule has 6 heteroatoms. The second-order valence-electron chi connectivity index (χ2n) is 10.3. The molecule has 6 nitrogen and oxygen atoms in total. The predicted octanol–water partition coefficient (Wildman–Crippen LogP) is 5.52. The van der Waals surface area contributed by atoms with Crippen molar-refractivity contribution < 1.29 is 9.47 Å². The third-order valence-electron chi connectivity index (χ3n) is 6.05. The van der Waals surface area contributed by atoms with E-state index in [-0.39, 0.29) is 23.5 Å². The van der Waals surface area contributed by atoms with Gasteiger partial charge in [0.1, 0.15) is 17.0 Å². The van der Waals surface area contributed by atoms with Crippen LogP contribution in [0.3, 0.4) is 0 Å². The molecule has 0 radical (unpaired) electrons. The summed E-state index contributed by atoms with van der Waals surface area (Å²) in [6, 6.07) is 26.3. The molecular formula is C31H34N2O4. The summed E-state index contributed by atoms with van der Waals surface area (Å²) in [7, 11) is 1.65. The molecule has 2 atom stereocenters. The van der Waals surface area contributed by atoms with Gasteiger partial charge in [-0.25, -0.2) is 0 Å². The van der Waals surface area contributed by atoms with Gasteiger partial charge in [0, 0.05) is 11.7 Å². The van der Waals surface area contributed by atoms with Crippen molar-refractivity contribution in [3.63, 3.8) is 0 Å². The summed E-state index contributed by atoms with van der Waals surface area (Å²) >= 11 is 0. The van der Waals surface area contributed by atoms with Crippen molar-refractivity contribution in [3.8, 4) is 11.5 Å². The van der Waals surface area contributed by atoms with Crippen LogP contribution in [-0.2, 0) is 6.42 Å². The van der Waals surface area contributed by atoms with E-state index in [9.17, 15) is 9.59 Å². The van der Waals surface area contributed by atoms with Crippen LogP contribution in [0, 0.1) is 0 Å². The van der Waals surface area contributed by atoms with Crippen molar-refractivity contribution >= 4 is 11.4 Å². The van der Waals surface area contributed by atoms with Gasteiger partial charge >= 0.3 is 0 Å². The number of benzene rings is 3. The van der Waals surface area contributed by atoms with E-state index in [1.54, 1.807) is 7.11 Å². The number of ether oxygens (including phenoxy) is 2. The normalized spacial score (nSPS) is 13.2. The summed E-state index contributed by atoms with van der Waals surface area (Å²) in [6.45, 7) is 7.70. The Balaban J connectivity index is 1.62. The maximum absolute atomic E-state index is 12.3. The summed E-state index contributed by atoms with van der Waals surface area (Å²) in [5, 5.41) is 6.90. The number of anilines is 2. The van der Waals surface area contributed by atoms with E-state index in [0.29, 0.717) is 5.69 Å². The number of rotatable bonds is 10. The van der Waals surface area contributed by atoms with E-state index in [4.69, 9.17) is 9.47 Å². The van der Waals surface area contributed by atoms with Gasteiger partial charge in [0.05, 0.1) is 13.2 Å². The Morgan fingerprint density at radius 3 is 2.19 bits per heavy atom. The zero-order chi connectivity index (χ0) is 26.6. The number of hydrogen-bond donors (Lipinski definition) is 2. The fourth-order valence-electron chi connectivity index (χ4n) is 4.32. The van der Waals surface area contributed by atoms with Crippen molar-refractivity contribution in [2.24, 2.45) is 0 Å². The van der Waals surface area contributed by atoms with Gasteiger partial charge in [-0.05, 0) is 75.1 Å². The first-order chi connectivity index (χ1) is 17.6. The van der Waals surface area contributed by atoms with Gasteiger partial charge in [0.15, 0.2) is 5.75 Å². The van der Waals surface area contributed by atoms with Crippen molar-refractivity contribution in [2.45, 2.75) is 51.8 Å². The summed E-state index contributed by atoms with van der Waals surface area (Å²) in [5.74, 6) is 0.881. The van der Waals surface area contributed by atoms with Crippen LogP contribution in [-0.4, -0.2) is 18.8 Å². The Kier molecular flexibility index (Phi) is 7.79. The van der Waals surface area contributed by atoms with Crippen LogP contribution < -0.4 is 31.0 Å². The van der Waals surface area contributed by atoms with Gasteiger partial charge < -0.3 is 20.1 Å². The lowest BCUT2D eigenvalue weighted by Crippen LogP contribution is -2.39. The molecule has 0 aromatic heterocycles. The quantitative estimate of drug-likeness (QED) is 0.280.